The second-order valence-corrected chi connectivity index (χ2v) is 7.34. The van der Waals surface area contributed by atoms with Gasteiger partial charge in [-0.3, -0.25) is 10.1 Å². The zero-order valence-electron chi connectivity index (χ0n) is 12.7. The van der Waals surface area contributed by atoms with E-state index in [1.165, 1.54) is 17.7 Å². The summed E-state index contributed by atoms with van der Waals surface area (Å²) in [6, 6.07) is 4.05. The van der Waals surface area contributed by atoms with E-state index in [1.54, 1.807) is 11.3 Å². The van der Waals surface area contributed by atoms with Crippen molar-refractivity contribution in [3.8, 4) is 0 Å². The van der Waals surface area contributed by atoms with E-state index in [0.29, 0.717) is 19.1 Å². The molecule has 0 aromatic carbocycles. The minimum Gasteiger partial charge on any atom is -0.379 e. The van der Waals surface area contributed by atoms with Gasteiger partial charge in [-0.05, 0) is 36.1 Å². The Morgan fingerprint density at radius 2 is 2.29 bits per heavy atom. The van der Waals surface area contributed by atoms with Crippen LogP contribution in [0.3, 0.4) is 0 Å². The summed E-state index contributed by atoms with van der Waals surface area (Å²) < 4.78 is 5.71. The van der Waals surface area contributed by atoms with E-state index in [-0.39, 0.29) is 18.1 Å². The molecule has 5 heteroatoms. The summed E-state index contributed by atoms with van der Waals surface area (Å²) in [5, 5.41) is 5.55. The SMILES string of the molecule is CC(C)C1NC(c2cccs2)N(CCOCC2CC2)C1=O. The van der Waals surface area contributed by atoms with Gasteiger partial charge in [0.25, 0.3) is 0 Å². The lowest BCUT2D eigenvalue weighted by molar-refractivity contribution is -0.131. The van der Waals surface area contributed by atoms with Crippen molar-refractivity contribution in [1.82, 2.24) is 10.2 Å². The standard InChI is InChI=1S/C16H24N2O2S/c1-11(2)14-16(19)18(7-8-20-10-12-5-6-12)15(17-14)13-4-3-9-21-13/h3-4,9,11-12,14-15,17H,5-8,10H2,1-2H3. The van der Waals surface area contributed by atoms with Gasteiger partial charge in [-0.1, -0.05) is 19.9 Å². The van der Waals surface area contributed by atoms with Crippen molar-refractivity contribution < 1.29 is 9.53 Å². The Morgan fingerprint density at radius 1 is 1.48 bits per heavy atom. The van der Waals surface area contributed by atoms with Crippen LogP contribution in [0.2, 0.25) is 0 Å². The van der Waals surface area contributed by atoms with E-state index < -0.39 is 0 Å². The van der Waals surface area contributed by atoms with E-state index in [0.717, 1.165) is 12.5 Å². The summed E-state index contributed by atoms with van der Waals surface area (Å²) in [6.07, 6.45) is 2.61. The first-order valence-corrected chi connectivity index (χ1v) is 8.72. The maximum Gasteiger partial charge on any atom is 0.241 e. The molecule has 1 aliphatic heterocycles. The van der Waals surface area contributed by atoms with Gasteiger partial charge in [-0.15, -0.1) is 11.3 Å². The number of hydrogen-bond acceptors (Lipinski definition) is 4. The first kappa shape index (κ1) is 15.0. The number of nitrogens with zero attached hydrogens (tertiary/aromatic N) is 1. The van der Waals surface area contributed by atoms with Crippen molar-refractivity contribution in [1.29, 1.82) is 0 Å². The van der Waals surface area contributed by atoms with Crippen LogP contribution in [0.5, 0.6) is 0 Å². The van der Waals surface area contributed by atoms with Gasteiger partial charge < -0.3 is 9.64 Å². The molecule has 116 valence electrons. The van der Waals surface area contributed by atoms with Gasteiger partial charge in [0.2, 0.25) is 5.91 Å². The lowest BCUT2D eigenvalue weighted by Crippen LogP contribution is -2.35. The molecule has 21 heavy (non-hydrogen) atoms. The van der Waals surface area contributed by atoms with Crippen LogP contribution in [0, 0.1) is 11.8 Å². The Hall–Kier alpha value is -0.910. The number of rotatable bonds is 7. The molecule has 3 rings (SSSR count). The molecule has 1 aromatic heterocycles. The first-order valence-electron chi connectivity index (χ1n) is 7.84. The first-order chi connectivity index (χ1) is 10.2. The molecular formula is C16H24N2O2S. The molecule has 2 atom stereocenters. The fraction of sp³-hybridized carbons (Fsp3) is 0.688. The Balaban J connectivity index is 1.62. The molecule has 0 spiro atoms. The number of hydrogen-bond donors (Lipinski definition) is 1. The number of carbonyl (C=O) groups is 1. The highest BCUT2D eigenvalue weighted by Gasteiger charge is 2.41. The molecule has 4 nitrogen and oxygen atoms in total. The highest BCUT2D eigenvalue weighted by molar-refractivity contribution is 7.10. The zero-order chi connectivity index (χ0) is 14.8. The minimum atomic E-state index is -0.0828. The molecule has 1 N–H and O–H groups in total. The normalized spacial score (nSPS) is 26.0. The molecule has 2 unspecified atom stereocenters. The fourth-order valence-corrected chi connectivity index (χ4v) is 3.53. The number of carbonyl (C=O) groups excluding carboxylic acids is 1. The van der Waals surface area contributed by atoms with Gasteiger partial charge in [-0.2, -0.15) is 0 Å². The average molecular weight is 308 g/mol. The largest absolute Gasteiger partial charge is 0.379 e. The molecule has 2 heterocycles. The number of ether oxygens (including phenoxy) is 1. The quantitative estimate of drug-likeness (QED) is 0.787. The lowest BCUT2D eigenvalue weighted by atomic mass is 10.1. The van der Waals surface area contributed by atoms with Gasteiger partial charge in [0.05, 0.1) is 12.6 Å². The second kappa shape index (κ2) is 6.46. The third-order valence-electron chi connectivity index (χ3n) is 4.20. The molecule has 2 fully saturated rings. The van der Waals surface area contributed by atoms with Crippen molar-refractivity contribution >= 4 is 17.2 Å². The van der Waals surface area contributed by atoms with E-state index in [2.05, 4.69) is 30.6 Å². The van der Waals surface area contributed by atoms with Gasteiger partial charge >= 0.3 is 0 Å². The molecular weight excluding hydrogens is 284 g/mol. The van der Waals surface area contributed by atoms with Crippen molar-refractivity contribution in [2.45, 2.75) is 38.9 Å². The molecule has 0 radical (unpaired) electrons. The topological polar surface area (TPSA) is 41.6 Å². The minimum absolute atomic E-state index is 0.00873. The Bertz CT molecular complexity index is 471. The maximum atomic E-state index is 12.6. The third-order valence-corrected chi connectivity index (χ3v) is 5.13. The number of thiophene rings is 1. The molecule has 2 aliphatic rings. The maximum absolute atomic E-state index is 12.6. The zero-order valence-corrected chi connectivity index (χ0v) is 13.6. The molecule has 1 saturated heterocycles. The van der Waals surface area contributed by atoms with Crippen LogP contribution in [0.4, 0.5) is 0 Å². The van der Waals surface area contributed by atoms with Crippen LogP contribution in [-0.2, 0) is 9.53 Å². The van der Waals surface area contributed by atoms with Crippen LogP contribution in [0.1, 0.15) is 37.7 Å². The monoisotopic (exact) mass is 308 g/mol. The Kier molecular flexibility index (Phi) is 4.62. The summed E-state index contributed by atoms with van der Waals surface area (Å²) in [5.74, 6) is 1.28. The molecule has 1 amide bonds. The summed E-state index contributed by atoms with van der Waals surface area (Å²) in [6.45, 7) is 6.34. The van der Waals surface area contributed by atoms with Crippen molar-refractivity contribution in [2.75, 3.05) is 19.8 Å². The average Bonchev–Trinajstić information content (AvgIpc) is 2.99. The number of nitrogens with one attached hydrogen (secondary N) is 1. The van der Waals surface area contributed by atoms with Crippen molar-refractivity contribution in [3.63, 3.8) is 0 Å². The van der Waals surface area contributed by atoms with Crippen LogP contribution in [0.25, 0.3) is 0 Å². The third kappa shape index (κ3) is 3.47. The van der Waals surface area contributed by atoms with E-state index in [9.17, 15) is 4.79 Å². The summed E-state index contributed by atoms with van der Waals surface area (Å²) in [4.78, 5) is 15.8. The Labute approximate surface area is 130 Å². The van der Waals surface area contributed by atoms with Gasteiger partial charge in [-0.25, -0.2) is 0 Å². The molecule has 1 aliphatic carbocycles. The Morgan fingerprint density at radius 3 is 2.90 bits per heavy atom. The highest BCUT2D eigenvalue weighted by atomic mass is 32.1. The molecule has 0 bridgehead atoms. The fourth-order valence-electron chi connectivity index (χ4n) is 2.73. The predicted octanol–water partition coefficient (Wildman–Crippen LogP) is 2.63. The van der Waals surface area contributed by atoms with E-state index >= 15 is 0 Å². The summed E-state index contributed by atoms with van der Waals surface area (Å²) >= 11 is 1.70. The lowest BCUT2D eigenvalue weighted by Gasteiger charge is -2.23. The smallest absolute Gasteiger partial charge is 0.241 e. The van der Waals surface area contributed by atoms with Crippen LogP contribution >= 0.6 is 11.3 Å². The van der Waals surface area contributed by atoms with Gasteiger partial charge in [0.15, 0.2) is 0 Å². The highest BCUT2D eigenvalue weighted by Crippen LogP contribution is 2.31. The van der Waals surface area contributed by atoms with Gasteiger partial charge in [0.1, 0.15) is 6.17 Å². The van der Waals surface area contributed by atoms with Crippen LogP contribution in [0.15, 0.2) is 17.5 Å². The van der Waals surface area contributed by atoms with Crippen molar-refractivity contribution in [3.05, 3.63) is 22.4 Å². The van der Waals surface area contributed by atoms with E-state index in [1.807, 2.05) is 11.0 Å². The second-order valence-electron chi connectivity index (χ2n) is 6.36. The summed E-state index contributed by atoms with van der Waals surface area (Å²) in [7, 11) is 0. The van der Waals surface area contributed by atoms with Crippen LogP contribution < -0.4 is 5.32 Å². The van der Waals surface area contributed by atoms with Crippen molar-refractivity contribution in [2.24, 2.45) is 11.8 Å². The van der Waals surface area contributed by atoms with Crippen LogP contribution in [-0.4, -0.2) is 36.6 Å². The predicted molar refractivity (Wildman–Crippen MR) is 84.1 cm³/mol. The summed E-state index contributed by atoms with van der Waals surface area (Å²) in [5.41, 5.74) is 0. The van der Waals surface area contributed by atoms with Gasteiger partial charge in [0, 0.05) is 18.0 Å². The molecule has 1 saturated carbocycles. The number of amides is 1. The molecule has 1 aromatic rings. The van der Waals surface area contributed by atoms with E-state index in [4.69, 9.17) is 4.74 Å².